The number of carboxylic acids is 1. The number of hydrogen-bond donors (Lipinski definition) is 5. The molecule has 2 rings (SSSR count). The van der Waals surface area contributed by atoms with Gasteiger partial charge in [0.15, 0.2) is 11.5 Å². The van der Waals surface area contributed by atoms with Crippen LogP contribution in [0.2, 0.25) is 0 Å². The summed E-state index contributed by atoms with van der Waals surface area (Å²) in [6, 6.07) is 0. The van der Waals surface area contributed by atoms with Crippen molar-refractivity contribution in [3.05, 3.63) is 11.1 Å². The van der Waals surface area contributed by atoms with Gasteiger partial charge in [0.2, 0.25) is 17.8 Å². The summed E-state index contributed by atoms with van der Waals surface area (Å²) in [6.45, 7) is 1.89. The van der Waals surface area contributed by atoms with Crippen molar-refractivity contribution in [3.63, 3.8) is 0 Å². The maximum atomic E-state index is 11.4. The number of benzene rings is 1. The third-order valence-electron chi connectivity index (χ3n) is 6.49. The molecule has 0 amide bonds. The zero-order valence-corrected chi connectivity index (χ0v) is 24.1. The summed E-state index contributed by atoms with van der Waals surface area (Å²) in [5, 5.41) is 61.4. The molecule has 37 heavy (non-hydrogen) atoms. The fourth-order valence-electron chi connectivity index (χ4n) is 4.36. The van der Waals surface area contributed by atoms with Crippen molar-refractivity contribution in [1.29, 1.82) is 0 Å². The molecule has 5 atom stereocenters. The molecule has 1 saturated heterocycles. The van der Waals surface area contributed by atoms with Gasteiger partial charge < -0.3 is 54.4 Å². The van der Waals surface area contributed by atoms with Crippen LogP contribution in [0, 0.1) is 6.92 Å². The third kappa shape index (κ3) is 8.59. The van der Waals surface area contributed by atoms with Gasteiger partial charge in [0.25, 0.3) is 0 Å². The molecule has 5 N–H and O–H groups in total. The smallest absolute Gasteiger partial charge is 0.547 e. The van der Waals surface area contributed by atoms with Gasteiger partial charge in [-0.2, -0.15) is 0 Å². The van der Waals surface area contributed by atoms with Crippen molar-refractivity contribution in [2.45, 2.75) is 95.4 Å². The van der Waals surface area contributed by atoms with Crippen molar-refractivity contribution in [2.75, 3.05) is 20.8 Å². The van der Waals surface area contributed by atoms with E-state index in [9.17, 15) is 30.3 Å². The number of aliphatic hydroxyl groups excluding tert-OH is 4. The predicted molar refractivity (Wildman–Crippen MR) is 126 cm³/mol. The number of hydrogen-bond acceptors (Lipinski definition) is 11. The molecule has 0 bridgehead atoms. The quantitative estimate of drug-likeness (QED) is 0.116. The SMILES string of the molecule is COc1c(O)c(C)c(CCCCCCCCCCO)c(O[C@H]2O[C@H](C(=O)[O-])[C@@H](O)[C@H](O)[C@H]2O)c1OC.[Na+]. The van der Waals surface area contributed by atoms with Crippen LogP contribution in [-0.2, 0) is 16.0 Å². The van der Waals surface area contributed by atoms with Gasteiger partial charge in [0.05, 0.1) is 20.2 Å². The number of aromatic hydroxyl groups is 1. The number of aliphatic hydroxyl groups is 4. The van der Waals surface area contributed by atoms with E-state index in [2.05, 4.69) is 0 Å². The first-order valence-electron chi connectivity index (χ1n) is 12.3. The minimum Gasteiger partial charge on any atom is -0.547 e. The number of rotatable bonds is 15. The van der Waals surface area contributed by atoms with Crippen molar-refractivity contribution < 1.29 is 83.9 Å². The zero-order chi connectivity index (χ0) is 26.8. The molecule has 0 radical (unpaired) electrons. The molecule has 1 aromatic rings. The molecule has 0 aliphatic carbocycles. The van der Waals surface area contributed by atoms with Crippen LogP contribution < -0.4 is 48.9 Å². The average Bonchev–Trinajstić information content (AvgIpc) is 2.86. The van der Waals surface area contributed by atoms with Gasteiger partial charge in [-0.15, -0.1) is 0 Å². The molecule has 12 heteroatoms. The molecule has 0 spiro atoms. The number of carbonyl (C=O) groups excluding carboxylic acids is 1. The summed E-state index contributed by atoms with van der Waals surface area (Å²) in [5.41, 5.74) is 1.00. The summed E-state index contributed by atoms with van der Waals surface area (Å²) in [7, 11) is 2.67. The Kier molecular flexibility index (Phi) is 15.1. The van der Waals surface area contributed by atoms with Crippen LogP contribution in [0.4, 0.5) is 0 Å². The molecule has 0 aromatic heterocycles. The zero-order valence-electron chi connectivity index (χ0n) is 22.1. The minimum absolute atomic E-state index is 0. The second-order valence-electron chi connectivity index (χ2n) is 8.98. The van der Waals surface area contributed by atoms with Crippen LogP contribution >= 0.6 is 0 Å². The van der Waals surface area contributed by atoms with Gasteiger partial charge in [-0.05, 0) is 26.2 Å². The number of phenols is 1. The van der Waals surface area contributed by atoms with Gasteiger partial charge in [0.1, 0.15) is 24.4 Å². The molecule has 1 fully saturated rings. The van der Waals surface area contributed by atoms with Crippen molar-refractivity contribution >= 4 is 5.97 Å². The monoisotopic (exact) mass is 538 g/mol. The Bertz CT molecular complexity index is 851. The van der Waals surface area contributed by atoms with Crippen molar-refractivity contribution in [3.8, 4) is 23.0 Å². The van der Waals surface area contributed by atoms with Gasteiger partial charge in [-0.25, -0.2) is 0 Å². The van der Waals surface area contributed by atoms with Crippen LogP contribution in [0.15, 0.2) is 0 Å². The topological polar surface area (TPSA) is 178 Å². The number of ether oxygens (including phenoxy) is 4. The summed E-state index contributed by atoms with van der Waals surface area (Å²) >= 11 is 0. The second kappa shape index (κ2) is 16.6. The molecule has 0 unspecified atom stereocenters. The van der Waals surface area contributed by atoms with E-state index in [1.165, 1.54) is 14.2 Å². The molecular weight excluding hydrogens is 499 g/mol. The van der Waals surface area contributed by atoms with Gasteiger partial charge in [0, 0.05) is 17.7 Å². The Hall–Kier alpha value is -1.31. The predicted octanol–water partition coefficient (Wildman–Crippen LogP) is -2.69. The Labute approximate surface area is 239 Å². The van der Waals surface area contributed by atoms with E-state index in [0.29, 0.717) is 17.5 Å². The first-order valence-corrected chi connectivity index (χ1v) is 12.3. The van der Waals surface area contributed by atoms with E-state index in [1.54, 1.807) is 6.92 Å². The van der Waals surface area contributed by atoms with Crippen molar-refractivity contribution in [2.24, 2.45) is 0 Å². The first kappa shape index (κ1) is 33.7. The third-order valence-corrected chi connectivity index (χ3v) is 6.49. The maximum Gasteiger partial charge on any atom is 1.00 e. The Morgan fingerprint density at radius 2 is 1.41 bits per heavy atom. The van der Waals surface area contributed by atoms with E-state index in [0.717, 1.165) is 51.4 Å². The summed E-state index contributed by atoms with van der Waals surface area (Å²) in [4.78, 5) is 11.4. The molecule has 1 heterocycles. The number of unbranched alkanes of at least 4 members (excludes halogenated alkanes) is 7. The fourth-order valence-corrected chi connectivity index (χ4v) is 4.36. The summed E-state index contributed by atoms with van der Waals surface area (Å²) < 4.78 is 21.8. The molecule has 1 aliphatic heterocycles. The van der Waals surface area contributed by atoms with Gasteiger partial charge >= 0.3 is 29.6 Å². The van der Waals surface area contributed by atoms with Crippen LogP contribution in [-0.4, -0.2) is 83.0 Å². The molecule has 0 saturated carbocycles. The number of carboxylic acid groups (broad SMARTS) is 1. The minimum atomic E-state index is -1.93. The Morgan fingerprint density at radius 3 is 1.92 bits per heavy atom. The second-order valence-corrected chi connectivity index (χ2v) is 8.98. The maximum absolute atomic E-state index is 11.4. The van der Waals surface area contributed by atoms with Crippen molar-refractivity contribution in [1.82, 2.24) is 0 Å². The van der Waals surface area contributed by atoms with E-state index in [4.69, 9.17) is 24.1 Å². The van der Waals surface area contributed by atoms with Gasteiger partial charge in [-0.3, -0.25) is 0 Å². The first-order chi connectivity index (χ1) is 17.2. The molecular formula is C25H39NaO11. The van der Waals surface area contributed by atoms with Crippen LogP contribution in [0.3, 0.4) is 0 Å². The van der Waals surface area contributed by atoms with E-state index < -0.39 is 36.7 Å². The van der Waals surface area contributed by atoms with E-state index in [-0.39, 0.29) is 59.2 Å². The average molecular weight is 539 g/mol. The van der Waals surface area contributed by atoms with Crippen LogP contribution in [0.25, 0.3) is 0 Å². The normalized spacial score (nSPS) is 23.3. The number of methoxy groups -OCH3 is 2. The van der Waals surface area contributed by atoms with Crippen LogP contribution in [0.5, 0.6) is 23.0 Å². The number of carbonyl (C=O) groups is 1. The molecule has 206 valence electrons. The van der Waals surface area contributed by atoms with Crippen LogP contribution in [0.1, 0.15) is 62.5 Å². The molecule has 11 nitrogen and oxygen atoms in total. The number of aliphatic carboxylic acids is 1. The standard InChI is InChI=1S/C25H40O11.Na/c1-14-15(12-10-8-6-4-5-7-9-11-13-26)20(23(34-3)21(33-2)16(14)27)35-25-19(30)17(28)18(29)22(36-25)24(31)32;/h17-19,22,25-30H,4-13H2,1-3H3,(H,31,32);/q;+1/p-1/t17-,18-,19+,22-,25-;/m0./s1. The summed E-state index contributed by atoms with van der Waals surface area (Å²) in [5.74, 6) is -1.85. The largest absolute Gasteiger partial charge is 1.00 e. The number of phenolic OH excluding ortho intramolecular Hbond substituents is 1. The Morgan fingerprint density at radius 1 is 0.865 bits per heavy atom. The fraction of sp³-hybridized carbons (Fsp3) is 0.720. The molecule has 1 aliphatic rings. The van der Waals surface area contributed by atoms with E-state index in [1.807, 2.05) is 0 Å². The van der Waals surface area contributed by atoms with E-state index >= 15 is 0 Å². The van der Waals surface area contributed by atoms with Gasteiger partial charge in [-0.1, -0.05) is 38.5 Å². The summed E-state index contributed by atoms with van der Waals surface area (Å²) in [6.07, 6.45) is -0.937. The Balaban J connectivity index is 0.00000684. The molecule has 1 aromatic carbocycles.